The van der Waals surface area contributed by atoms with Crippen molar-refractivity contribution in [1.29, 1.82) is 0 Å². The fourth-order valence-corrected chi connectivity index (χ4v) is 2.37. The molecule has 0 fully saturated rings. The van der Waals surface area contributed by atoms with Gasteiger partial charge in [-0.15, -0.1) is 0 Å². The first-order chi connectivity index (χ1) is 8.97. The van der Waals surface area contributed by atoms with Crippen LogP contribution in [-0.2, 0) is 11.9 Å². The molecule has 1 heterocycles. The highest BCUT2D eigenvalue weighted by Gasteiger charge is 2.30. The van der Waals surface area contributed by atoms with Crippen molar-refractivity contribution in [2.45, 2.75) is 17.0 Å². The number of hydrogen-bond acceptors (Lipinski definition) is 3. The third kappa shape index (κ3) is 3.64. The van der Waals surface area contributed by atoms with Crippen molar-refractivity contribution < 1.29 is 13.2 Å². The van der Waals surface area contributed by atoms with Gasteiger partial charge in [0.05, 0.1) is 11.3 Å². The molecule has 100 valence electrons. The van der Waals surface area contributed by atoms with Crippen molar-refractivity contribution in [3.8, 4) is 0 Å². The molecule has 2 aromatic rings. The fraction of sp³-hybridized carbons (Fsp3) is 0.154. The molecule has 2 nitrogen and oxygen atoms in total. The summed E-state index contributed by atoms with van der Waals surface area (Å²) in [6, 6.07) is 8.68. The molecule has 19 heavy (non-hydrogen) atoms. The van der Waals surface area contributed by atoms with Crippen LogP contribution >= 0.6 is 11.8 Å². The predicted molar refractivity (Wildman–Crippen MR) is 69.7 cm³/mol. The Hall–Kier alpha value is -1.69. The number of anilines is 1. The van der Waals surface area contributed by atoms with Gasteiger partial charge in [-0.05, 0) is 23.8 Å². The first kappa shape index (κ1) is 13.7. The van der Waals surface area contributed by atoms with E-state index in [1.165, 1.54) is 17.8 Å². The van der Waals surface area contributed by atoms with Crippen molar-refractivity contribution in [3.05, 3.63) is 53.7 Å². The van der Waals surface area contributed by atoms with Gasteiger partial charge in [0.15, 0.2) is 0 Å². The number of nitrogens with zero attached hydrogens (tertiary/aromatic N) is 1. The maximum absolute atomic E-state index is 12.6. The van der Waals surface area contributed by atoms with Crippen LogP contribution in [0.2, 0.25) is 0 Å². The molecule has 0 atom stereocenters. The highest BCUT2D eigenvalue weighted by atomic mass is 32.2. The molecule has 6 heteroatoms. The lowest BCUT2D eigenvalue weighted by atomic mass is 10.1. The molecule has 0 unspecified atom stereocenters. The molecule has 0 aliphatic rings. The molecule has 0 spiro atoms. The van der Waals surface area contributed by atoms with Crippen LogP contribution in [0.4, 0.5) is 18.9 Å². The smallest absolute Gasteiger partial charge is 0.397 e. The number of aromatic nitrogens is 1. The average Bonchev–Trinajstić information content (AvgIpc) is 2.37. The van der Waals surface area contributed by atoms with E-state index in [1.54, 1.807) is 24.4 Å². The minimum absolute atomic E-state index is 0.394. The largest absolute Gasteiger partial charge is 0.416 e. The number of hydrogen-bond donors (Lipinski definition) is 1. The second-order valence-corrected chi connectivity index (χ2v) is 4.85. The number of thioether (sulfide) groups is 1. The molecule has 2 N–H and O–H groups in total. The maximum atomic E-state index is 12.6. The van der Waals surface area contributed by atoms with Crippen molar-refractivity contribution in [2.24, 2.45) is 0 Å². The Bertz CT molecular complexity index is 570. The Morgan fingerprint density at radius 1 is 1.16 bits per heavy atom. The van der Waals surface area contributed by atoms with E-state index in [0.29, 0.717) is 22.0 Å². The number of pyridine rings is 1. The highest BCUT2D eigenvalue weighted by molar-refractivity contribution is 7.98. The molecule has 0 aliphatic heterocycles. The van der Waals surface area contributed by atoms with Gasteiger partial charge in [0.25, 0.3) is 0 Å². The van der Waals surface area contributed by atoms with Gasteiger partial charge in [0, 0.05) is 11.9 Å². The SMILES string of the molecule is Nc1cccnc1SCc1cccc(C(F)(F)F)c1. The van der Waals surface area contributed by atoms with Gasteiger partial charge < -0.3 is 5.73 Å². The Morgan fingerprint density at radius 3 is 2.63 bits per heavy atom. The molecule has 0 saturated heterocycles. The van der Waals surface area contributed by atoms with E-state index >= 15 is 0 Å². The van der Waals surface area contributed by atoms with E-state index in [-0.39, 0.29) is 0 Å². The van der Waals surface area contributed by atoms with Gasteiger partial charge in [-0.2, -0.15) is 13.2 Å². The van der Waals surface area contributed by atoms with Gasteiger partial charge in [0.1, 0.15) is 5.03 Å². The van der Waals surface area contributed by atoms with E-state index in [0.717, 1.165) is 12.1 Å². The molecule has 1 aromatic heterocycles. The topological polar surface area (TPSA) is 38.9 Å². The lowest BCUT2D eigenvalue weighted by molar-refractivity contribution is -0.137. The van der Waals surface area contributed by atoms with Crippen LogP contribution in [-0.4, -0.2) is 4.98 Å². The molecule has 0 amide bonds. The molecular formula is C13H11F3N2S. The molecule has 2 rings (SSSR count). The van der Waals surface area contributed by atoms with Gasteiger partial charge in [0.2, 0.25) is 0 Å². The van der Waals surface area contributed by atoms with Crippen LogP contribution in [0.1, 0.15) is 11.1 Å². The van der Waals surface area contributed by atoms with E-state index in [4.69, 9.17) is 5.73 Å². The summed E-state index contributed by atoms with van der Waals surface area (Å²) in [4.78, 5) is 4.08. The van der Waals surface area contributed by atoms with Crippen LogP contribution in [0, 0.1) is 0 Å². The number of nitrogens with two attached hydrogens (primary N) is 1. The second-order valence-electron chi connectivity index (χ2n) is 3.88. The van der Waals surface area contributed by atoms with Crippen LogP contribution in [0.5, 0.6) is 0 Å². The zero-order chi connectivity index (χ0) is 13.9. The highest BCUT2D eigenvalue weighted by Crippen LogP contribution is 2.31. The first-order valence-corrected chi connectivity index (χ1v) is 6.45. The Kier molecular flexibility index (Phi) is 3.99. The summed E-state index contributed by atoms with van der Waals surface area (Å²) in [5.74, 6) is 0.394. The number of nitrogen functional groups attached to an aromatic ring is 1. The predicted octanol–water partition coefficient (Wildman–Crippen LogP) is 3.97. The normalized spacial score (nSPS) is 11.5. The zero-order valence-corrected chi connectivity index (χ0v) is 10.6. The number of halogens is 3. The summed E-state index contributed by atoms with van der Waals surface area (Å²) < 4.78 is 37.7. The maximum Gasteiger partial charge on any atom is 0.416 e. The lowest BCUT2D eigenvalue weighted by Gasteiger charge is -2.09. The van der Waals surface area contributed by atoms with Crippen LogP contribution in [0.15, 0.2) is 47.6 Å². The van der Waals surface area contributed by atoms with Crippen molar-refractivity contribution >= 4 is 17.4 Å². The molecule has 0 radical (unpaired) electrons. The van der Waals surface area contributed by atoms with E-state index < -0.39 is 11.7 Å². The quantitative estimate of drug-likeness (QED) is 0.867. The van der Waals surface area contributed by atoms with E-state index in [2.05, 4.69) is 4.98 Å². The Balaban J connectivity index is 2.10. The minimum atomic E-state index is -4.31. The Labute approximate surface area is 112 Å². The van der Waals surface area contributed by atoms with Crippen LogP contribution < -0.4 is 5.73 Å². The van der Waals surface area contributed by atoms with Crippen molar-refractivity contribution in [3.63, 3.8) is 0 Å². The zero-order valence-electron chi connectivity index (χ0n) is 9.82. The van der Waals surface area contributed by atoms with Gasteiger partial charge in [-0.3, -0.25) is 0 Å². The minimum Gasteiger partial charge on any atom is -0.397 e. The second kappa shape index (κ2) is 5.52. The third-order valence-corrected chi connectivity index (χ3v) is 3.52. The summed E-state index contributed by atoms with van der Waals surface area (Å²) in [5.41, 5.74) is 6.20. The summed E-state index contributed by atoms with van der Waals surface area (Å²) in [6.07, 6.45) is -2.71. The first-order valence-electron chi connectivity index (χ1n) is 5.46. The molecule has 1 aromatic carbocycles. The summed E-state index contributed by atoms with van der Waals surface area (Å²) in [6.45, 7) is 0. The summed E-state index contributed by atoms with van der Waals surface area (Å²) >= 11 is 1.32. The standard InChI is InChI=1S/C13H11F3N2S/c14-13(15,16)10-4-1-3-9(7-10)8-19-12-11(17)5-2-6-18-12/h1-7H,8,17H2. The average molecular weight is 284 g/mol. The molecule has 0 aliphatic carbocycles. The fourth-order valence-electron chi connectivity index (χ4n) is 1.51. The van der Waals surface area contributed by atoms with Crippen molar-refractivity contribution in [1.82, 2.24) is 4.98 Å². The third-order valence-electron chi connectivity index (χ3n) is 2.43. The van der Waals surface area contributed by atoms with E-state index in [1.807, 2.05) is 0 Å². The molecule has 0 bridgehead atoms. The molecule has 0 saturated carbocycles. The van der Waals surface area contributed by atoms with Crippen molar-refractivity contribution in [2.75, 3.05) is 5.73 Å². The van der Waals surface area contributed by atoms with Gasteiger partial charge in [-0.1, -0.05) is 30.0 Å². The number of alkyl halides is 3. The monoisotopic (exact) mass is 284 g/mol. The van der Waals surface area contributed by atoms with Gasteiger partial charge >= 0.3 is 6.18 Å². The van der Waals surface area contributed by atoms with Crippen LogP contribution in [0.3, 0.4) is 0 Å². The van der Waals surface area contributed by atoms with Gasteiger partial charge in [-0.25, -0.2) is 4.98 Å². The Morgan fingerprint density at radius 2 is 1.95 bits per heavy atom. The number of benzene rings is 1. The lowest BCUT2D eigenvalue weighted by Crippen LogP contribution is -2.04. The van der Waals surface area contributed by atoms with E-state index in [9.17, 15) is 13.2 Å². The number of rotatable bonds is 3. The van der Waals surface area contributed by atoms with Crippen LogP contribution in [0.25, 0.3) is 0 Å². The summed E-state index contributed by atoms with van der Waals surface area (Å²) in [7, 11) is 0. The summed E-state index contributed by atoms with van der Waals surface area (Å²) in [5, 5.41) is 0.625. The molecular weight excluding hydrogens is 273 g/mol.